The molecule has 0 amide bonds. The lowest BCUT2D eigenvalue weighted by Crippen LogP contribution is -2.51. The van der Waals surface area contributed by atoms with E-state index in [1.165, 1.54) is 0 Å². The van der Waals surface area contributed by atoms with Crippen molar-refractivity contribution in [1.29, 1.82) is 0 Å². The molecule has 18 nitrogen and oxygen atoms in total. The van der Waals surface area contributed by atoms with Gasteiger partial charge in [0, 0.05) is 139 Å². The van der Waals surface area contributed by atoms with E-state index in [2.05, 4.69) is 0 Å². The lowest BCUT2D eigenvalue weighted by molar-refractivity contribution is -0.161. The van der Waals surface area contributed by atoms with Gasteiger partial charge < -0.3 is 59.8 Å². The fraction of sp³-hybridized carbons (Fsp3) is 0.708. The summed E-state index contributed by atoms with van der Waals surface area (Å²) < 4.78 is 487. The number of rotatable bonds is 21. The highest BCUT2D eigenvalue weighted by Gasteiger charge is 2.45. The second-order valence-electron chi connectivity index (χ2n) is 22.5. The van der Waals surface area contributed by atoms with Gasteiger partial charge in [-0.15, -0.1) is 0 Å². The molecule has 9 unspecified atom stereocenters. The number of ether oxygens (including phenoxy) is 9. The van der Waals surface area contributed by atoms with E-state index < -0.39 is 345 Å². The van der Waals surface area contributed by atoms with Crippen LogP contribution in [0.15, 0.2) is 36.3 Å². The van der Waals surface area contributed by atoms with E-state index in [9.17, 15) is 21.2 Å². The van der Waals surface area contributed by atoms with Gasteiger partial charge in [-0.1, -0.05) is 82.7 Å². The Kier molecular flexibility index (Phi) is 10.3. The average molecular weight is 1310 g/mol. The van der Waals surface area contributed by atoms with Crippen LogP contribution in [-0.2, 0) is 47.7 Å². The van der Waals surface area contributed by atoms with Gasteiger partial charge in [-0.05, 0) is 143 Å². The molecule has 3 fully saturated rings. The summed E-state index contributed by atoms with van der Waals surface area (Å²) >= 11 is 0. The summed E-state index contributed by atoms with van der Waals surface area (Å²) in [7, 11) is -2.26. The molecule has 3 aromatic carbocycles. The number of benzene rings is 3. The molecule has 0 radical (unpaired) electrons. The minimum absolute atomic E-state index is 0.0290. The molecule has 90 heavy (non-hydrogen) atoms. The van der Waals surface area contributed by atoms with Crippen LogP contribution in [0.4, 0.5) is 0 Å². The Hall–Kier alpha value is -5.37. The number of piperidine rings is 3. The third kappa shape index (κ3) is 17.5. The van der Waals surface area contributed by atoms with Crippen molar-refractivity contribution in [2.75, 3.05) is 81.6 Å². The molecule has 12 atom stereocenters. The quantitative estimate of drug-likeness (QED) is 0.0666. The molecular weight excluding hydrogens is 1140 g/mol. The molecule has 0 aromatic heterocycles. The number of fused-ring (bicyclic) bond motifs is 9. The van der Waals surface area contributed by atoms with Gasteiger partial charge in [0.1, 0.15) is 36.3 Å². The minimum Gasteiger partial charge on any atom is -0.493 e. The smallest absolute Gasteiger partial charge is 0.323 e. The summed E-state index contributed by atoms with van der Waals surface area (Å²) in [5.41, 5.74) is 12.5. The van der Waals surface area contributed by atoms with Gasteiger partial charge in [0.25, 0.3) is 0 Å². The Bertz CT molecular complexity index is 5240. The number of hydrogen-bond donors (Lipinski definition) is 3. The maximum Gasteiger partial charge on any atom is 0.323 e. The van der Waals surface area contributed by atoms with Crippen LogP contribution < -0.4 is 45.6 Å². The first kappa shape index (κ1) is 28.7. The van der Waals surface area contributed by atoms with E-state index in [0.717, 1.165) is 38.2 Å². The zero-order valence-corrected chi connectivity index (χ0v) is 51.4. The average Bonchev–Trinajstić information content (AvgIpc) is 0.682. The van der Waals surface area contributed by atoms with E-state index in [4.69, 9.17) is 126 Å². The van der Waals surface area contributed by atoms with Crippen molar-refractivity contribution < 1.29 is 130 Å². The fourth-order valence-corrected chi connectivity index (χ4v) is 10.7. The van der Waals surface area contributed by atoms with Gasteiger partial charge in [0.2, 0.25) is 0 Å². The predicted octanol–water partition coefficient (Wildman–Crippen LogP) is 10.7. The highest BCUT2D eigenvalue weighted by molar-refractivity contribution is 5.77. The van der Waals surface area contributed by atoms with Crippen molar-refractivity contribution in [3.05, 3.63) is 69.6 Å². The SMILES string of the molecule is [2H]c1c(OC)c(OC([2H])([2H])[2H])c([2H])c2c1C1([2H])CC(OC(=O)[C@@]([2H])(N)C([2H])(C([2H])([2H])[2H])C([2H])([2H])[2H])C(CC(C)C)CN1C([2H])([2H])C2([2H])[2H].[2H]c1c(OC)c(OC([2H])([2H])[2H])c([2H])c2c1C1([2H])CC([2H])(OC(=O)[C@@]([2H])(N)C([2H])(C([2H])([2H])[2H])C([2H])([2H])[2H])C(CC(C)C)CN1C([2H])([2H])C2([2H])[2H].[2H]c1c(OC)c(OC)c([2H])c2c1C1([2H])CC([2H])(OC(=O)[C@@]([2H])(N)C([2H])(C([2H])([2H])[2H])C([2H])([2H])[2H])C(CC(C)C)CN1C([2H])([2H])C2([2H])[2H]. The number of nitrogens with zero attached hydrogens (tertiary/aromatic N) is 3. The number of methoxy groups -OCH3 is 6. The highest BCUT2D eigenvalue weighted by Crippen LogP contribution is 2.48. The Morgan fingerprint density at radius 1 is 0.489 bits per heavy atom. The largest absolute Gasteiger partial charge is 0.493 e. The molecule has 6 N–H and O–H groups in total. The maximum atomic E-state index is 13.6. The monoisotopic (exact) mass is 1310 g/mol. The van der Waals surface area contributed by atoms with Gasteiger partial charge >= 0.3 is 17.9 Å². The predicted molar refractivity (Wildman–Crippen MR) is 353 cm³/mol. The van der Waals surface area contributed by atoms with Crippen LogP contribution in [0.3, 0.4) is 0 Å². The zero-order chi connectivity index (χ0) is 112. The summed E-state index contributed by atoms with van der Waals surface area (Å²) in [5, 5.41) is 0. The fourth-order valence-electron chi connectivity index (χ4n) is 10.7. The first-order valence-electron chi connectivity index (χ1n) is 54.8. The summed E-state index contributed by atoms with van der Waals surface area (Å²) in [6, 6.07) is -24.7. The van der Waals surface area contributed by atoms with Crippen LogP contribution in [-0.4, -0.2) is 151 Å². The molecule has 0 spiro atoms. The molecule has 504 valence electrons. The normalized spacial score (nSPS) is 43.5. The molecule has 6 aliphatic heterocycles. The van der Waals surface area contributed by atoms with Crippen molar-refractivity contribution in [2.45, 2.75) is 195 Å². The van der Waals surface area contributed by atoms with Crippen LogP contribution in [0.25, 0.3) is 0 Å². The van der Waals surface area contributed by atoms with E-state index in [1.807, 2.05) is 0 Å². The van der Waals surface area contributed by atoms with E-state index in [1.54, 1.807) is 41.5 Å². The molecule has 6 heterocycles. The first-order valence-corrected chi connectivity index (χ1v) is 28.3. The lowest BCUT2D eigenvalue weighted by atomic mass is 9.79. The molecule has 0 saturated carbocycles. The molecule has 0 bridgehead atoms. The van der Waals surface area contributed by atoms with Gasteiger partial charge in [-0.25, -0.2) is 0 Å². The Morgan fingerprint density at radius 3 is 1.11 bits per heavy atom. The van der Waals surface area contributed by atoms with Crippen LogP contribution >= 0.6 is 0 Å². The summed E-state index contributed by atoms with van der Waals surface area (Å²) in [5.74, 6) is -26.6. The topological polar surface area (TPSA) is 222 Å². The zero-order valence-electron chi connectivity index (χ0n) is 104. The second kappa shape index (κ2) is 32.5. The number of nitrogens with two attached hydrogens (primary N) is 3. The summed E-state index contributed by atoms with van der Waals surface area (Å²) in [6.07, 6.45) is -19.6. The molecule has 0 aliphatic carbocycles. The van der Waals surface area contributed by atoms with Gasteiger partial charge in [0.15, 0.2) is 34.5 Å². The number of carbonyl (C=O) groups excluding carboxylic acids is 3. The molecule has 6 aliphatic rings. The third-order valence-electron chi connectivity index (χ3n) is 14.8. The Balaban J connectivity index is 0.000000291. The first-order chi connectivity index (χ1) is 63.3. The van der Waals surface area contributed by atoms with Crippen molar-refractivity contribution in [3.8, 4) is 34.5 Å². The summed E-state index contributed by atoms with van der Waals surface area (Å²) in [4.78, 5) is 42.9. The third-order valence-corrected chi connectivity index (χ3v) is 14.8. The maximum absolute atomic E-state index is 13.6. The second-order valence-corrected chi connectivity index (χ2v) is 22.5. The Labute approximate surface area is 613 Å². The number of esters is 3. The molecule has 18 heteroatoms. The van der Waals surface area contributed by atoms with E-state index in [-0.39, 0.29) is 37.0 Å². The Morgan fingerprint density at radius 2 is 0.789 bits per heavy atom. The molecular formula is C72H114N6O12. The van der Waals surface area contributed by atoms with Gasteiger partial charge in [-0.3, -0.25) is 29.1 Å². The highest BCUT2D eigenvalue weighted by atomic mass is 16.6. The van der Waals surface area contributed by atoms with Crippen LogP contribution in [0.1, 0.15) is 245 Å². The van der Waals surface area contributed by atoms with Crippen LogP contribution in [0.5, 0.6) is 34.5 Å². The van der Waals surface area contributed by atoms with E-state index in [0.29, 0.717) is 4.90 Å². The minimum atomic E-state index is -4.00. The molecule has 3 aromatic rings. The number of hydrogen-bond acceptors (Lipinski definition) is 18. The van der Waals surface area contributed by atoms with Gasteiger partial charge in [0.05, 0.1) is 69.9 Å². The van der Waals surface area contributed by atoms with E-state index >= 15 is 0 Å². The van der Waals surface area contributed by atoms with Gasteiger partial charge in [-0.2, -0.15) is 0 Å². The number of carbonyl (C=O) groups is 3. The van der Waals surface area contributed by atoms with Crippen molar-refractivity contribution in [1.82, 2.24) is 14.7 Å². The van der Waals surface area contributed by atoms with Crippen LogP contribution in [0.2, 0.25) is 0 Å². The van der Waals surface area contributed by atoms with Crippen LogP contribution in [0, 0.1) is 53.2 Å². The van der Waals surface area contributed by atoms with Crippen molar-refractivity contribution >= 4 is 17.9 Å². The van der Waals surface area contributed by atoms with Crippen molar-refractivity contribution in [2.24, 2.45) is 70.4 Å². The summed E-state index contributed by atoms with van der Waals surface area (Å²) in [6.45, 7) is -24.2. The molecule has 9 rings (SSSR count). The van der Waals surface area contributed by atoms with Crippen molar-refractivity contribution in [3.63, 3.8) is 0 Å². The standard InChI is InChI=1S/3C24H38N2O4/c3*1-14(2)9-17-13-26-8-7-16-10-21(28-5)22(29-6)11-18(16)19(26)12-20(17)30-24(27)23(25)15(3)4/h3*10-11,14-15,17,19-20,23H,7-9,12-13,25H2,1-6H3/t3*17?,19?,20?,23-/m000/s1/i3D3,4D3,5D3,7D2,8D2,10D,11D,15D,19D,20D,23D;3D3,4D3,7D2,8D2,10D,11D,15D,19D,20D,23D;3D3,4D3,5D3,7D2,8D2,10D,11D,15D,19D,23D. The lowest BCUT2D eigenvalue weighted by Gasteiger charge is -2.47. The molecule has 3 saturated heterocycles.